The standard InChI is InChI=1S/C16H33NO4/c1-2-3-4-5-6-7-8-9-10-15(16(20)21)17(11-13-18)12-14-19/h15,18-19H,2-14H2,1H3,(H,20,21). The molecule has 0 spiro atoms. The van der Waals surface area contributed by atoms with E-state index in [0.29, 0.717) is 19.5 Å². The molecule has 1 unspecified atom stereocenters. The van der Waals surface area contributed by atoms with E-state index in [4.69, 9.17) is 10.2 Å². The summed E-state index contributed by atoms with van der Waals surface area (Å²) >= 11 is 0. The van der Waals surface area contributed by atoms with Crippen molar-refractivity contribution >= 4 is 5.97 Å². The minimum atomic E-state index is -0.861. The molecule has 126 valence electrons. The number of unbranched alkanes of at least 4 members (excludes halogenated alkanes) is 7. The smallest absolute Gasteiger partial charge is 0.320 e. The number of carboxylic acids is 1. The maximum atomic E-state index is 11.3. The van der Waals surface area contributed by atoms with Crippen molar-refractivity contribution in [2.75, 3.05) is 26.3 Å². The SMILES string of the molecule is CCCCCCCCCCC(C(=O)O)N(CCO)CCO. The van der Waals surface area contributed by atoms with Crippen LogP contribution in [0.3, 0.4) is 0 Å². The van der Waals surface area contributed by atoms with Crippen LogP contribution in [0, 0.1) is 0 Å². The molecule has 0 aromatic heterocycles. The molecule has 0 aromatic rings. The van der Waals surface area contributed by atoms with Gasteiger partial charge in [-0.3, -0.25) is 9.69 Å². The molecule has 0 amide bonds. The van der Waals surface area contributed by atoms with Crippen molar-refractivity contribution in [3.8, 4) is 0 Å². The molecular weight excluding hydrogens is 270 g/mol. The van der Waals surface area contributed by atoms with Crippen LogP contribution in [-0.2, 0) is 4.79 Å². The predicted molar refractivity (Wildman–Crippen MR) is 84.4 cm³/mol. The first kappa shape index (κ1) is 20.3. The number of aliphatic hydroxyl groups excluding tert-OH is 2. The molecule has 0 rings (SSSR count). The van der Waals surface area contributed by atoms with Gasteiger partial charge in [0.2, 0.25) is 0 Å². The second kappa shape index (κ2) is 14.3. The van der Waals surface area contributed by atoms with Gasteiger partial charge in [0, 0.05) is 13.1 Å². The van der Waals surface area contributed by atoms with Crippen molar-refractivity contribution < 1.29 is 20.1 Å². The Morgan fingerprint density at radius 3 is 1.81 bits per heavy atom. The highest BCUT2D eigenvalue weighted by molar-refractivity contribution is 5.73. The lowest BCUT2D eigenvalue weighted by molar-refractivity contribution is -0.144. The zero-order chi connectivity index (χ0) is 15.9. The molecule has 0 bridgehead atoms. The number of nitrogens with zero attached hydrogens (tertiary/aromatic N) is 1. The molecule has 21 heavy (non-hydrogen) atoms. The lowest BCUT2D eigenvalue weighted by Crippen LogP contribution is -2.44. The number of rotatable bonds is 15. The van der Waals surface area contributed by atoms with Crippen LogP contribution in [0.5, 0.6) is 0 Å². The molecule has 1 atom stereocenters. The number of hydrogen-bond donors (Lipinski definition) is 3. The summed E-state index contributed by atoms with van der Waals surface area (Å²) in [6.07, 6.45) is 10.1. The van der Waals surface area contributed by atoms with E-state index in [2.05, 4.69) is 6.92 Å². The third kappa shape index (κ3) is 10.7. The van der Waals surface area contributed by atoms with E-state index in [0.717, 1.165) is 19.3 Å². The van der Waals surface area contributed by atoms with E-state index in [1.807, 2.05) is 0 Å². The van der Waals surface area contributed by atoms with Gasteiger partial charge in [-0.15, -0.1) is 0 Å². The third-order valence-corrected chi connectivity index (χ3v) is 3.83. The molecule has 0 aliphatic rings. The van der Waals surface area contributed by atoms with Crippen molar-refractivity contribution in [2.45, 2.75) is 70.8 Å². The zero-order valence-electron chi connectivity index (χ0n) is 13.5. The fourth-order valence-electron chi connectivity index (χ4n) is 2.61. The van der Waals surface area contributed by atoms with Gasteiger partial charge < -0.3 is 15.3 Å². The molecule has 0 saturated carbocycles. The summed E-state index contributed by atoms with van der Waals surface area (Å²) in [5, 5.41) is 27.3. The molecule has 3 N–H and O–H groups in total. The predicted octanol–water partition coefficient (Wildman–Crippen LogP) is 2.26. The van der Waals surface area contributed by atoms with Gasteiger partial charge in [0.25, 0.3) is 0 Å². The lowest BCUT2D eigenvalue weighted by Gasteiger charge is -2.27. The fraction of sp³-hybridized carbons (Fsp3) is 0.938. The number of carboxylic acid groups (broad SMARTS) is 1. The fourth-order valence-corrected chi connectivity index (χ4v) is 2.61. The van der Waals surface area contributed by atoms with Gasteiger partial charge in [-0.2, -0.15) is 0 Å². The van der Waals surface area contributed by atoms with E-state index in [1.54, 1.807) is 4.90 Å². The van der Waals surface area contributed by atoms with Crippen molar-refractivity contribution in [3.63, 3.8) is 0 Å². The highest BCUT2D eigenvalue weighted by Crippen LogP contribution is 2.13. The topological polar surface area (TPSA) is 81.0 Å². The van der Waals surface area contributed by atoms with Crippen LogP contribution >= 0.6 is 0 Å². The summed E-state index contributed by atoms with van der Waals surface area (Å²) in [6.45, 7) is 2.64. The van der Waals surface area contributed by atoms with Crippen LogP contribution in [0.1, 0.15) is 64.7 Å². The highest BCUT2D eigenvalue weighted by Gasteiger charge is 2.24. The average Bonchev–Trinajstić information content (AvgIpc) is 2.45. The molecular formula is C16H33NO4. The monoisotopic (exact) mass is 303 g/mol. The first-order valence-corrected chi connectivity index (χ1v) is 8.35. The van der Waals surface area contributed by atoms with E-state index in [9.17, 15) is 9.90 Å². The van der Waals surface area contributed by atoms with Crippen LogP contribution in [0.25, 0.3) is 0 Å². The Labute approximate surface area is 129 Å². The molecule has 0 aliphatic heterocycles. The molecule has 0 radical (unpaired) electrons. The maximum absolute atomic E-state index is 11.3. The molecule has 5 nitrogen and oxygen atoms in total. The second-order valence-electron chi connectivity index (χ2n) is 5.60. The first-order valence-electron chi connectivity index (χ1n) is 8.35. The summed E-state index contributed by atoms with van der Waals surface area (Å²) in [5.41, 5.74) is 0. The number of carbonyl (C=O) groups is 1. The molecule has 0 heterocycles. The minimum absolute atomic E-state index is 0.0821. The summed E-state index contributed by atoms with van der Waals surface area (Å²) < 4.78 is 0. The van der Waals surface area contributed by atoms with Crippen molar-refractivity contribution in [3.05, 3.63) is 0 Å². The van der Waals surface area contributed by atoms with Crippen LogP contribution < -0.4 is 0 Å². The van der Waals surface area contributed by atoms with E-state index < -0.39 is 12.0 Å². The number of aliphatic hydroxyl groups is 2. The van der Waals surface area contributed by atoms with Crippen molar-refractivity contribution in [1.29, 1.82) is 0 Å². The largest absolute Gasteiger partial charge is 0.480 e. The Balaban J connectivity index is 3.90. The molecule has 0 aromatic carbocycles. The molecule has 0 saturated heterocycles. The first-order chi connectivity index (χ1) is 10.2. The van der Waals surface area contributed by atoms with Gasteiger partial charge in [-0.05, 0) is 6.42 Å². The van der Waals surface area contributed by atoms with Crippen molar-refractivity contribution in [2.24, 2.45) is 0 Å². The summed E-state index contributed by atoms with van der Waals surface area (Å²) in [4.78, 5) is 13.0. The van der Waals surface area contributed by atoms with Gasteiger partial charge >= 0.3 is 5.97 Å². The Hall–Kier alpha value is -0.650. The Morgan fingerprint density at radius 1 is 0.905 bits per heavy atom. The number of hydrogen-bond acceptors (Lipinski definition) is 4. The molecule has 5 heteroatoms. The van der Waals surface area contributed by atoms with E-state index in [-0.39, 0.29) is 13.2 Å². The highest BCUT2D eigenvalue weighted by atomic mass is 16.4. The van der Waals surface area contributed by atoms with Crippen LogP contribution in [0.4, 0.5) is 0 Å². The summed E-state index contributed by atoms with van der Waals surface area (Å²) in [5.74, 6) is -0.861. The molecule has 0 fully saturated rings. The summed E-state index contributed by atoms with van der Waals surface area (Å²) in [6, 6.07) is -0.593. The van der Waals surface area contributed by atoms with Gasteiger partial charge in [-0.25, -0.2) is 0 Å². The minimum Gasteiger partial charge on any atom is -0.480 e. The quantitative estimate of drug-likeness (QED) is 0.404. The van der Waals surface area contributed by atoms with Gasteiger partial charge in [0.05, 0.1) is 13.2 Å². The van der Waals surface area contributed by atoms with Crippen LogP contribution in [0.2, 0.25) is 0 Å². The lowest BCUT2D eigenvalue weighted by atomic mass is 10.0. The van der Waals surface area contributed by atoms with Crippen molar-refractivity contribution in [1.82, 2.24) is 4.90 Å². The van der Waals surface area contributed by atoms with E-state index in [1.165, 1.54) is 32.1 Å². The number of aliphatic carboxylic acids is 1. The summed E-state index contributed by atoms with van der Waals surface area (Å²) in [7, 11) is 0. The van der Waals surface area contributed by atoms with Gasteiger partial charge in [0.15, 0.2) is 0 Å². The second-order valence-corrected chi connectivity index (χ2v) is 5.60. The Bertz CT molecular complexity index is 242. The average molecular weight is 303 g/mol. The van der Waals surface area contributed by atoms with Crippen LogP contribution in [-0.4, -0.2) is 58.5 Å². The normalized spacial score (nSPS) is 12.8. The Kier molecular flexibility index (Phi) is 13.9. The van der Waals surface area contributed by atoms with Gasteiger partial charge in [-0.1, -0.05) is 58.3 Å². The Morgan fingerprint density at radius 2 is 1.38 bits per heavy atom. The zero-order valence-corrected chi connectivity index (χ0v) is 13.5. The van der Waals surface area contributed by atoms with E-state index >= 15 is 0 Å². The van der Waals surface area contributed by atoms with Crippen LogP contribution in [0.15, 0.2) is 0 Å². The third-order valence-electron chi connectivity index (χ3n) is 3.83. The van der Waals surface area contributed by atoms with Gasteiger partial charge in [0.1, 0.15) is 6.04 Å². The maximum Gasteiger partial charge on any atom is 0.320 e. The molecule has 0 aliphatic carbocycles.